The second kappa shape index (κ2) is 2.44. The van der Waals surface area contributed by atoms with E-state index in [4.69, 9.17) is 0 Å². The monoisotopic (exact) mass is 151 g/mol. The molecule has 0 bridgehead atoms. The predicted molar refractivity (Wildman–Crippen MR) is 27.6 cm³/mol. The highest BCUT2D eigenvalue weighted by atomic mass is 19.2. The minimum Gasteiger partial charge on any atom is -0.239 e. The fourth-order valence-electron chi connectivity index (χ4n) is 0.557. The Morgan fingerprint density at radius 1 is 1.10 bits per heavy atom. The van der Waals surface area contributed by atoms with Crippen LogP contribution in [0.1, 0.15) is 0 Å². The summed E-state index contributed by atoms with van der Waals surface area (Å²) in [7, 11) is 0. The molecule has 1 aliphatic rings. The molecule has 0 aromatic carbocycles. The van der Waals surface area contributed by atoms with Gasteiger partial charge < -0.3 is 0 Å². The fourth-order valence-corrected chi connectivity index (χ4v) is 0.557. The molecule has 4 heteroatoms. The topological polar surface area (TPSA) is 0 Å². The smallest absolute Gasteiger partial charge is 0.161 e. The highest BCUT2D eigenvalue weighted by Gasteiger charge is 2.23. The van der Waals surface area contributed by atoms with Gasteiger partial charge in [0, 0.05) is 6.08 Å². The molecular weight excluding hydrogens is 148 g/mol. The van der Waals surface area contributed by atoms with Crippen LogP contribution in [0.3, 0.4) is 0 Å². The van der Waals surface area contributed by atoms with Crippen molar-refractivity contribution in [1.82, 2.24) is 0 Å². The Morgan fingerprint density at radius 3 is 2.20 bits per heavy atom. The molecule has 0 nitrogen and oxygen atoms in total. The number of allylic oxidation sites excluding steroid dienone is 4. The van der Waals surface area contributed by atoms with Crippen molar-refractivity contribution >= 4 is 0 Å². The second-order valence-corrected chi connectivity index (χ2v) is 1.79. The van der Waals surface area contributed by atoms with Gasteiger partial charge in [-0.15, -0.1) is 0 Å². The van der Waals surface area contributed by atoms with Crippen molar-refractivity contribution in [1.29, 1.82) is 0 Å². The van der Waals surface area contributed by atoms with Gasteiger partial charge in [0.1, 0.15) is 11.7 Å². The average molecular weight is 151 g/mol. The molecule has 0 aromatic rings. The second-order valence-electron chi connectivity index (χ2n) is 1.79. The standard InChI is InChI=1S/C6H3F4/c7-3-1-4(8)6(10)2-5(3)9/h1-3H/t3-/m1/s1. The summed E-state index contributed by atoms with van der Waals surface area (Å²) in [6, 6.07) is 0. The molecular formula is C6H3F4. The predicted octanol–water partition coefficient (Wildman–Crippen LogP) is 2.55. The Hall–Kier alpha value is -0.800. The normalized spacial score (nSPS) is 26.8. The van der Waals surface area contributed by atoms with Crippen molar-refractivity contribution in [3.63, 3.8) is 0 Å². The largest absolute Gasteiger partial charge is 0.239 e. The zero-order valence-corrected chi connectivity index (χ0v) is 4.74. The lowest BCUT2D eigenvalue weighted by Crippen LogP contribution is -2.07. The summed E-state index contributed by atoms with van der Waals surface area (Å²) in [5, 5.41) is 0. The molecule has 0 fully saturated rings. The number of hydrogen-bond acceptors (Lipinski definition) is 0. The van der Waals surface area contributed by atoms with E-state index in [-0.39, 0.29) is 12.5 Å². The maximum atomic E-state index is 12.1. The zero-order chi connectivity index (χ0) is 7.72. The number of hydrogen-bond donors (Lipinski definition) is 0. The quantitative estimate of drug-likeness (QED) is 0.466. The molecule has 0 heterocycles. The summed E-state index contributed by atoms with van der Waals surface area (Å²) >= 11 is 0. The van der Waals surface area contributed by atoms with Crippen LogP contribution in [0, 0.1) is 6.42 Å². The maximum absolute atomic E-state index is 12.1. The lowest BCUT2D eigenvalue weighted by molar-refractivity contribution is 0.344. The zero-order valence-electron chi connectivity index (χ0n) is 4.74. The Labute approximate surface area is 54.8 Å². The summed E-state index contributed by atoms with van der Waals surface area (Å²) in [4.78, 5) is 0. The Bertz CT molecular complexity index is 204. The lowest BCUT2D eigenvalue weighted by atomic mass is 10.1. The average Bonchev–Trinajstić information content (AvgIpc) is 1.84. The van der Waals surface area contributed by atoms with E-state index in [1.165, 1.54) is 0 Å². The van der Waals surface area contributed by atoms with Crippen LogP contribution in [0.5, 0.6) is 0 Å². The van der Waals surface area contributed by atoms with Gasteiger partial charge in [0.2, 0.25) is 0 Å². The SMILES string of the molecule is FC1=CC(F)=C(F)[CH][C@H]1F. The summed E-state index contributed by atoms with van der Waals surface area (Å²) in [6.45, 7) is 0. The van der Waals surface area contributed by atoms with E-state index in [1.807, 2.05) is 0 Å². The van der Waals surface area contributed by atoms with Crippen molar-refractivity contribution in [2.75, 3.05) is 0 Å². The molecule has 1 aliphatic carbocycles. The molecule has 0 saturated carbocycles. The van der Waals surface area contributed by atoms with Gasteiger partial charge in [0.25, 0.3) is 0 Å². The van der Waals surface area contributed by atoms with E-state index in [1.54, 1.807) is 0 Å². The van der Waals surface area contributed by atoms with Crippen molar-refractivity contribution in [2.45, 2.75) is 6.17 Å². The Kier molecular flexibility index (Phi) is 1.78. The van der Waals surface area contributed by atoms with Crippen molar-refractivity contribution in [2.24, 2.45) is 0 Å². The molecule has 0 aliphatic heterocycles. The van der Waals surface area contributed by atoms with E-state index >= 15 is 0 Å². The first kappa shape index (κ1) is 7.31. The van der Waals surface area contributed by atoms with E-state index in [9.17, 15) is 17.6 Å². The molecule has 0 spiro atoms. The van der Waals surface area contributed by atoms with Crippen molar-refractivity contribution in [3.05, 3.63) is 30.0 Å². The van der Waals surface area contributed by atoms with E-state index < -0.39 is 23.7 Å². The summed E-state index contributed by atoms with van der Waals surface area (Å²) in [5.74, 6) is -4.03. The van der Waals surface area contributed by atoms with Crippen molar-refractivity contribution < 1.29 is 17.6 Å². The first-order chi connectivity index (χ1) is 4.61. The summed E-state index contributed by atoms with van der Waals surface area (Å²) in [5.41, 5.74) is 0. The van der Waals surface area contributed by atoms with Gasteiger partial charge in [0.15, 0.2) is 12.0 Å². The number of halogens is 4. The minimum absolute atomic E-state index is 0.194. The fraction of sp³-hybridized carbons (Fsp3) is 0.167. The molecule has 1 radical (unpaired) electrons. The number of alkyl halides is 1. The van der Waals surface area contributed by atoms with Gasteiger partial charge in [0.05, 0.1) is 6.42 Å². The summed E-state index contributed by atoms with van der Waals surface area (Å²) < 4.78 is 48.1. The van der Waals surface area contributed by atoms with Crippen LogP contribution in [0.15, 0.2) is 23.6 Å². The van der Waals surface area contributed by atoms with Gasteiger partial charge >= 0.3 is 0 Å². The highest BCUT2D eigenvalue weighted by molar-refractivity contribution is 5.32. The first-order valence-corrected chi connectivity index (χ1v) is 2.52. The van der Waals surface area contributed by atoms with Gasteiger partial charge in [-0.2, -0.15) is 0 Å². The van der Waals surface area contributed by atoms with E-state index in [0.717, 1.165) is 0 Å². The highest BCUT2D eigenvalue weighted by Crippen LogP contribution is 2.27. The first-order valence-electron chi connectivity index (χ1n) is 2.52. The Morgan fingerprint density at radius 2 is 1.70 bits per heavy atom. The molecule has 0 unspecified atom stereocenters. The molecule has 0 amide bonds. The molecule has 0 saturated heterocycles. The van der Waals surface area contributed by atoms with Crippen LogP contribution in [-0.2, 0) is 0 Å². The van der Waals surface area contributed by atoms with Crippen LogP contribution in [-0.4, -0.2) is 6.17 Å². The lowest BCUT2D eigenvalue weighted by Gasteiger charge is -2.08. The molecule has 55 valence electrons. The van der Waals surface area contributed by atoms with E-state index in [2.05, 4.69) is 0 Å². The van der Waals surface area contributed by atoms with Crippen molar-refractivity contribution in [3.8, 4) is 0 Å². The van der Waals surface area contributed by atoms with Crippen LogP contribution in [0.2, 0.25) is 0 Å². The third-order valence-corrected chi connectivity index (χ3v) is 1.05. The van der Waals surface area contributed by atoms with E-state index in [0.29, 0.717) is 0 Å². The van der Waals surface area contributed by atoms with Crippen LogP contribution in [0.4, 0.5) is 17.6 Å². The number of rotatable bonds is 0. The van der Waals surface area contributed by atoms with Crippen LogP contribution < -0.4 is 0 Å². The molecule has 1 rings (SSSR count). The molecule has 0 aromatic heterocycles. The third-order valence-electron chi connectivity index (χ3n) is 1.05. The summed E-state index contributed by atoms with van der Waals surface area (Å²) in [6.07, 6.45) is -1.70. The Balaban J connectivity index is 2.88. The molecule has 0 N–H and O–H groups in total. The van der Waals surface area contributed by atoms with Crippen LogP contribution in [0.25, 0.3) is 0 Å². The molecule has 1 atom stereocenters. The van der Waals surface area contributed by atoms with Gasteiger partial charge in [-0.3, -0.25) is 0 Å². The third kappa shape index (κ3) is 1.20. The minimum atomic E-state index is -2.14. The van der Waals surface area contributed by atoms with Gasteiger partial charge in [-0.25, -0.2) is 17.6 Å². The molecule has 10 heavy (non-hydrogen) atoms. The van der Waals surface area contributed by atoms with Crippen LogP contribution >= 0.6 is 0 Å². The maximum Gasteiger partial charge on any atom is 0.161 e. The van der Waals surface area contributed by atoms with Gasteiger partial charge in [-0.05, 0) is 0 Å². The van der Waals surface area contributed by atoms with Gasteiger partial charge in [-0.1, -0.05) is 0 Å².